The third kappa shape index (κ3) is 2.81. The normalized spacial score (nSPS) is 17.9. The number of carbonyl (C=O) groups is 1. The maximum Gasteiger partial charge on any atom is 0.254 e. The van der Waals surface area contributed by atoms with Crippen LogP contribution in [0.2, 0.25) is 0 Å². The van der Waals surface area contributed by atoms with Gasteiger partial charge in [-0.05, 0) is 31.4 Å². The van der Waals surface area contributed by atoms with E-state index >= 15 is 0 Å². The molecule has 0 saturated carbocycles. The molecule has 2 aromatic heterocycles. The van der Waals surface area contributed by atoms with E-state index < -0.39 is 0 Å². The van der Waals surface area contributed by atoms with Crippen LogP contribution in [-0.2, 0) is 13.6 Å². The molecule has 6 heteroatoms. The lowest BCUT2D eigenvalue weighted by molar-refractivity contribution is 0.0721. The fourth-order valence-electron chi connectivity index (χ4n) is 2.92. The second-order valence-electron chi connectivity index (χ2n) is 5.90. The summed E-state index contributed by atoms with van der Waals surface area (Å²) in [6.07, 6.45) is 7.40. The van der Waals surface area contributed by atoms with Crippen LogP contribution in [0.5, 0.6) is 0 Å². The van der Waals surface area contributed by atoms with E-state index in [1.54, 1.807) is 19.3 Å². The molecule has 0 N–H and O–H groups in total. The highest BCUT2D eigenvalue weighted by Crippen LogP contribution is 2.21. The quantitative estimate of drug-likeness (QED) is 0.855. The van der Waals surface area contributed by atoms with Gasteiger partial charge in [0.25, 0.3) is 11.5 Å². The minimum absolute atomic E-state index is 0.0657. The first-order valence-electron chi connectivity index (χ1n) is 7.51. The Morgan fingerprint density at radius 3 is 2.95 bits per heavy atom. The summed E-state index contributed by atoms with van der Waals surface area (Å²) in [5, 5.41) is 4.30. The van der Waals surface area contributed by atoms with E-state index in [9.17, 15) is 9.59 Å². The van der Waals surface area contributed by atoms with E-state index in [4.69, 9.17) is 0 Å². The van der Waals surface area contributed by atoms with E-state index in [1.165, 1.54) is 10.6 Å². The van der Waals surface area contributed by atoms with Crippen molar-refractivity contribution >= 4 is 5.91 Å². The Balaban J connectivity index is 1.78. The fraction of sp³-hybridized carbons (Fsp3) is 0.438. The average Bonchev–Trinajstić information content (AvgIpc) is 3.11. The number of rotatable bonds is 3. The molecule has 6 nitrogen and oxygen atoms in total. The highest BCUT2D eigenvalue weighted by Gasteiger charge is 2.30. The average molecular weight is 300 g/mol. The number of nitrogens with zero attached hydrogens (tertiary/aromatic N) is 4. The smallest absolute Gasteiger partial charge is 0.254 e. The van der Waals surface area contributed by atoms with Crippen LogP contribution < -0.4 is 5.56 Å². The Morgan fingerprint density at radius 1 is 1.45 bits per heavy atom. The van der Waals surface area contributed by atoms with Crippen LogP contribution in [0.1, 0.15) is 28.8 Å². The highest BCUT2D eigenvalue weighted by molar-refractivity contribution is 5.94. The fourth-order valence-corrected chi connectivity index (χ4v) is 2.92. The molecule has 1 aliphatic rings. The van der Waals surface area contributed by atoms with Gasteiger partial charge in [0, 0.05) is 37.6 Å². The van der Waals surface area contributed by atoms with Gasteiger partial charge in [0.2, 0.25) is 0 Å². The van der Waals surface area contributed by atoms with Crippen LogP contribution >= 0.6 is 0 Å². The van der Waals surface area contributed by atoms with Gasteiger partial charge in [-0.3, -0.25) is 14.3 Å². The largest absolute Gasteiger partial charge is 0.334 e. The number of likely N-dealkylation sites (tertiary alicyclic amines) is 1. The minimum atomic E-state index is -0.163. The molecular weight excluding hydrogens is 280 g/mol. The van der Waals surface area contributed by atoms with Crippen molar-refractivity contribution in [2.24, 2.45) is 7.05 Å². The van der Waals surface area contributed by atoms with Crippen molar-refractivity contribution in [1.29, 1.82) is 0 Å². The molecule has 22 heavy (non-hydrogen) atoms. The van der Waals surface area contributed by atoms with E-state index in [0.29, 0.717) is 12.1 Å². The van der Waals surface area contributed by atoms with Crippen LogP contribution in [-0.4, -0.2) is 37.7 Å². The standard InChI is InChI=1S/C16H20N4O2/c1-12-9-17-19(10-12)11-14-4-3-6-20(14)16(22)13-5-7-18(2)15(21)8-13/h5,7-10,14H,3-4,6,11H2,1-2H3/t14-/m1/s1. The van der Waals surface area contributed by atoms with E-state index in [-0.39, 0.29) is 17.5 Å². The predicted molar refractivity (Wildman–Crippen MR) is 82.7 cm³/mol. The maximum atomic E-state index is 12.7. The number of aromatic nitrogens is 3. The topological polar surface area (TPSA) is 60.1 Å². The number of hydrogen-bond acceptors (Lipinski definition) is 3. The lowest BCUT2D eigenvalue weighted by Crippen LogP contribution is -2.38. The lowest BCUT2D eigenvalue weighted by Gasteiger charge is -2.24. The molecule has 0 bridgehead atoms. The first-order chi connectivity index (χ1) is 10.5. The molecule has 1 fully saturated rings. The van der Waals surface area contributed by atoms with Gasteiger partial charge >= 0.3 is 0 Å². The second-order valence-corrected chi connectivity index (χ2v) is 5.90. The summed E-state index contributed by atoms with van der Waals surface area (Å²) < 4.78 is 3.35. The number of aryl methyl sites for hydroxylation is 2. The van der Waals surface area contributed by atoms with Gasteiger partial charge in [-0.2, -0.15) is 5.10 Å². The molecule has 1 saturated heterocycles. The molecule has 1 atom stereocenters. The lowest BCUT2D eigenvalue weighted by atomic mass is 10.2. The van der Waals surface area contributed by atoms with Gasteiger partial charge in [0.05, 0.1) is 18.8 Å². The van der Waals surface area contributed by atoms with Gasteiger partial charge < -0.3 is 9.47 Å². The van der Waals surface area contributed by atoms with Crippen LogP contribution in [0.15, 0.2) is 35.5 Å². The Bertz CT molecular complexity index is 747. The van der Waals surface area contributed by atoms with Crippen LogP contribution in [0.25, 0.3) is 0 Å². The first kappa shape index (κ1) is 14.6. The number of carbonyl (C=O) groups excluding carboxylic acids is 1. The third-order valence-corrected chi connectivity index (χ3v) is 4.15. The zero-order valence-corrected chi connectivity index (χ0v) is 12.9. The Kier molecular flexibility index (Phi) is 3.83. The molecule has 0 aliphatic carbocycles. The third-order valence-electron chi connectivity index (χ3n) is 4.15. The second kappa shape index (κ2) is 5.79. The zero-order valence-electron chi connectivity index (χ0n) is 12.9. The van der Waals surface area contributed by atoms with Crippen LogP contribution in [0.4, 0.5) is 0 Å². The van der Waals surface area contributed by atoms with Crippen molar-refractivity contribution in [3.63, 3.8) is 0 Å². The summed E-state index contributed by atoms with van der Waals surface area (Å²) >= 11 is 0. The zero-order chi connectivity index (χ0) is 15.7. The van der Waals surface area contributed by atoms with Crippen molar-refractivity contribution in [3.8, 4) is 0 Å². The maximum absolute atomic E-state index is 12.7. The molecule has 3 rings (SSSR count). The minimum Gasteiger partial charge on any atom is -0.334 e. The van der Waals surface area contributed by atoms with Gasteiger partial charge in [-0.1, -0.05) is 0 Å². The summed E-state index contributed by atoms with van der Waals surface area (Å²) in [7, 11) is 1.68. The molecule has 1 aliphatic heterocycles. The molecule has 0 spiro atoms. The molecule has 1 amide bonds. The van der Waals surface area contributed by atoms with Crippen LogP contribution in [0, 0.1) is 6.92 Å². The predicted octanol–water partition coefficient (Wildman–Crippen LogP) is 1.20. The Morgan fingerprint density at radius 2 is 2.27 bits per heavy atom. The van der Waals surface area contributed by atoms with Crippen molar-refractivity contribution in [2.45, 2.75) is 32.4 Å². The molecule has 3 heterocycles. The molecular formula is C16H20N4O2. The molecule has 2 aromatic rings. The SMILES string of the molecule is Cc1cnn(C[C@H]2CCCN2C(=O)c2ccn(C)c(=O)c2)c1. The molecule has 0 unspecified atom stereocenters. The monoisotopic (exact) mass is 300 g/mol. The summed E-state index contributed by atoms with van der Waals surface area (Å²) in [6.45, 7) is 3.43. The Hall–Kier alpha value is -2.37. The van der Waals surface area contributed by atoms with Crippen molar-refractivity contribution in [1.82, 2.24) is 19.2 Å². The summed E-state index contributed by atoms with van der Waals surface area (Å²) in [4.78, 5) is 26.2. The Labute approximate surface area is 129 Å². The van der Waals surface area contributed by atoms with Crippen molar-refractivity contribution in [3.05, 3.63) is 52.2 Å². The summed E-state index contributed by atoms with van der Waals surface area (Å²) in [5.74, 6) is -0.0657. The number of hydrogen-bond donors (Lipinski definition) is 0. The first-order valence-corrected chi connectivity index (χ1v) is 7.51. The van der Waals surface area contributed by atoms with E-state index in [2.05, 4.69) is 5.10 Å². The molecule has 0 radical (unpaired) electrons. The summed E-state index contributed by atoms with van der Waals surface area (Å²) in [5.41, 5.74) is 1.42. The molecule has 116 valence electrons. The van der Waals surface area contributed by atoms with Gasteiger partial charge in [-0.25, -0.2) is 0 Å². The number of pyridine rings is 1. The summed E-state index contributed by atoms with van der Waals surface area (Å²) in [6, 6.07) is 3.25. The van der Waals surface area contributed by atoms with Crippen molar-refractivity contribution in [2.75, 3.05) is 6.54 Å². The highest BCUT2D eigenvalue weighted by atomic mass is 16.2. The van der Waals surface area contributed by atoms with Gasteiger partial charge in [0.15, 0.2) is 0 Å². The van der Waals surface area contributed by atoms with Crippen LogP contribution in [0.3, 0.4) is 0 Å². The van der Waals surface area contributed by atoms with Crippen molar-refractivity contribution < 1.29 is 4.79 Å². The number of amides is 1. The van der Waals surface area contributed by atoms with E-state index in [1.807, 2.05) is 28.9 Å². The van der Waals surface area contributed by atoms with Gasteiger partial charge in [-0.15, -0.1) is 0 Å². The van der Waals surface area contributed by atoms with Gasteiger partial charge in [0.1, 0.15) is 0 Å². The van der Waals surface area contributed by atoms with E-state index in [0.717, 1.165) is 24.9 Å². The molecule has 0 aromatic carbocycles.